The number of ether oxygens (including phenoxy) is 2. The van der Waals surface area contributed by atoms with Crippen LogP contribution in [0.2, 0.25) is 0 Å². The van der Waals surface area contributed by atoms with Crippen LogP contribution in [0.15, 0.2) is 28.2 Å². The number of fused-ring (bicyclic) bond motifs is 5. The van der Waals surface area contributed by atoms with Crippen LogP contribution in [0.5, 0.6) is 0 Å². The van der Waals surface area contributed by atoms with Gasteiger partial charge in [0.1, 0.15) is 24.0 Å². The second-order valence-electron chi connectivity index (χ2n) is 9.99. The molecule has 2 unspecified atom stereocenters. The van der Waals surface area contributed by atoms with Gasteiger partial charge in [-0.1, -0.05) is 17.5 Å². The summed E-state index contributed by atoms with van der Waals surface area (Å²) in [5.74, 6) is -0.212. The van der Waals surface area contributed by atoms with Crippen molar-refractivity contribution in [1.82, 2.24) is 39.5 Å². The zero-order valence-electron chi connectivity index (χ0n) is 21.9. The van der Waals surface area contributed by atoms with Crippen LogP contribution >= 0.6 is 25.8 Å². The standard InChI is InChI=1S/C20H22FN9O10P2S2/c21-11-13-10(38-19(11)29-2-1-8-14(29)23-6-24-16(8)31)5-36-41(33,43)39-9-3-7(4-35-42(34,44)40-13)37-18(9)30-15-12(27-28-30)17(32)26-20(22)25-15/h1-2,6-7,9-11,13,18-19H,3-5H2,(H,33,43)(H,34,44)(H,23,24,31)(H3,22,25,26,32)/t7-,9+,10+,11-,13+,18+,19+,41?,42?/m0/s1. The third kappa shape index (κ3) is 5.43. The van der Waals surface area contributed by atoms with Crippen molar-refractivity contribution in [3.05, 3.63) is 39.3 Å². The maximum absolute atomic E-state index is 16.0. The zero-order valence-corrected chi connectivity index (χ0v) is 25.4. The van der Waals surface area contributed by atoms with E-state index < -0.39 is 74.3 Å². The van der Waals surface area contributed by atoms with Gasteiger partial charge in [0.05, 0.1) is 31.0 Å². The fraction of sp³-hybridized carbons (Fsp3) is 0.500. The Bertz CT molecular complexity index is 1970. The van der Waals surface area contributed by atoms with Crippen LogP contribution < -0.4 is 16.9 Å². The number of aromatic amines is 2. The molecule has 3 aliphatic heterocycles. The Hall–Kier alpha value is -2.62. The molecular weight excluding hydrogens is 671 g/mol. The van der Waals surface area contributed by atoms with Crippen molar-refractivity contribution in [3.8, 4) is 0 Å². The topological polar surface area (TPSA) is 246 Å². The molecular formula is C20H22FN9O10P2S2. The first-order chi connectivity index (χ1) is 20.9. The number of rotatable bonds is 2. The number of aromatic nitrogens is 8. The van der Waals surface area contributed by atoms with Gasteiger partial charge in [-0.05, 0) is 17.9 Å². The van der Waals surface area contributed by atoms with Crippen LogP contribution in [0.3, 0.4) is 0 Å². The van der Waals surface area contributed by atoms with Crippen LogP contribution in [0.25, 0.3) is 22.2 Å². The molecule has 19 nitrogen and oxygen atoms in total. The molecule has 4 aromatic rings. The average molecular weight is 694 g/mol. The van der Waals surface area contributed by atoms with Gasteiger partial charge in [0, 0.05) is 12.6 Å². The maximum atomic E-state index is 16.0. The summed E-state index contributed by atoms with van der Waals surface area (Å²) in [4.78, 5) is 48.2. The summed E-state index contributed by atoms with van der Waals surface area (Å²) >= 11 is 9.27. The van der Waals surface area contributed by atoms with E-state index in [1.165, 1.54) is 16.8 Å². The van der Waals surface area contributed by atoms with Crippen molar-refractivity contribution in [2.75, 3.05) is 18.9 Å². The number of hydrogen-bond donors (Lipinski definition) is 5. The number of nitrogen functional groups attached to an aromatic ring is 1. The summed E-state index contributed by atoms with van der Waals surface area (Å²) in [5.41, 5.74) is 4.52. The molecule has 7 heterocycles. The molecule has 0 radical (unpaired) electrons. The zero-order chi connectivity index (χ0) is 31.0. The molecule has 3 aliphatic rings. The minimum Gasteiger partial charge on any atom is -0.369 e. The summed E-state index contributed by atoms with van der Waals surface area (Å²) < 4.78 is 66.0. The van der Waals surface area contributed by atoms with Gasteiger partial charge in [0.25, 0.3) is 11.1 Å². The first-order valence-electron chi connectivity index (χ1n) is 12.8. The SMILES string of the molecule is Nc1nc2c(nnn2[C@@H]2O[C@@H]3COP(O)(=S)O[C@H]4[C@H](F)[C@H](n5ccc6c(=O)[nH]cnc65)O[C@@H]4COP(=O)(S)O[C@@H]2C3)c(=O)[nH]1. The molecule has 3 fully saturated rings. The minimum absolute atomic E-state index is 0.00205. The molecule has 2 bridgehead atoms. The number of hydrogen-bond acceptors (Lipinski definition) is 15. The lowest BCUT2D eigenvalue weighted by molar-refractivity contribution is -0.0615. The van der Waals surface area contributed by atoms with Gasteiger partial charge in [-0.25, -0.2) is 13.9 Å². The third-order valence-corrected chi connectivity index (χ3v) is 10.3. The highest BCUT2D eigenvalue weighted by Gasteiger charge is 2.51. The molecule has 0 amide bonds. The quantitative estimate of drug-likeness (QED) is 0.141. The van der Waals surface area contributed by atoms with E-state index in [-0.39, 0.29) is 41.2 Å². The number of halogens is 1. The first-order valence-corrected chi connectivity index (χ1v) is 18.1. The van der Waals surface area contributed by atoms with Gasteiger partial charge >= 0.3 is 13.5 Å². The van der Waals surface area contributed by atoms with Crippen LogP contribution in [0.1, 0.15) is 18.9 Å². The van der Waals surface area contributed by atoms with Gasteiger partial charge in [-0.15, -0.1) is 5.10 Å². The fourth-order valence-corrected chi connectivity index (χ4v) is 8.21. The normalized spacial score (nSPS) is 36.6. The minimum atomic E-state index is -4.25. The Morgan fingerprint density at radius 2 is 1.95 bits per heavy atom. The summed E-state index contributed by atoms with van der Waals surface area (Å²) in [6.45, 7) is -9.36. The summed E-state index contributed by atoms with van der Waals surface area (Å²) in [7, 11) is 0. The Labute approximate surface area is 254 Å². The van der Waals surface area contributed by atoms with E-state index in [9.17, 15) is 19.0 Å². The van der Waals surface area contributed by atoms with Gasteiger partial charge < -0.3 is 34.2 Å². The van der Waals surface area contributed by atoms with Crippen molar-refractivity contribution < 1.29 is 41.4 Å². The molecule has 9 atom stereocenters. The lowest BCUT2D eigenvalue weighted by Gasteiger charge is -2.26. The second kappa shape index (κ2) is 11.0. The van der Waals surface area contributed by atoms with E-state index in [0.717, 1.165) is 11.0 Å². The number of thiol groups is 1. The van der Waals surface area contributed by atoms with Crippen molar-refractivity contribution in [2.24, 2.45) is 0 Å². The summed E-state index contributed by atoms with van der Waals surface area (Å²) in [6.07, 6.45) is -6.84. The maximum Gasteiger partial charge on any atom is 0.386 e. The third-order valence-electron chi connectivity index (χ3n) is 7.14. The molecule has 236 valence electrons. The van der Waals surface area contributed by atoms with E-state index in [2.05, 4.69) is 42.5 Å². The fourth-order valence-electron chi connectivity index (χ4n) is 5.26. The largest absolute Gasteiger partial charge is 0.386 e. The Kier molecular flexibility index (Phi) is 7.53. The van der Waals surface area contributed by atoms with E-state index >= 15 is 4.39 Å². The number of nitrogens with two attached hydrogens (primary N) is 1. The molecule has 4 aromatic heterocycles. The molecule has 0 spiro atoms. The van der Waals surface area contributed by atoms with Crippen LogP contribution in [-0.4, -0.2) is 88.2 Å². The molecule has 24 heteroatoms. The van der Waals surface area contributed by atoms with E-state index in [1.54, 1.807) is 0 Å². The van der Waals surface area contributed by atoms with Gasteiger partial charge in [-0.3, -0.25) is 28.1 Å². The predicted octanol–water partition coefficient (Wildman–Crippen LogP) is 0.430. The lowest BCUT2D eigenvalue weighted by atomic mass is 10.1. The number of alkyl halides is 1. The van der Waals surface area contributed by atoms with Gasteiger partial charge in [0.15, 0.2) is 29.8 Å². The van der Waals surface area contributed by atoms with Crippen molar-refractivity contribution in [2.45, 2.75) is 49.5 Å². The average Bonchev–Trinajstić information content (AvgIpc) is 3.72. The lowest BCUT2D eigenvalue weighted by Crippen LogP contribution is -2.34. The highest BCUT2D eigenvalue weighted by Crippen LogP contribution is 2.58. The molecule has 0 saturated carbocycles. The Morgan fingerprint density at radius 1 is 1.14 bits per heavy atom. The van der Waals surface area contributed by atoms with Gasteiger partial charge in [-0.2, -0.15) is 9.67 Å². The molecule has 0 aromatic carbocycles. The molecule has 7 rings (SSSR count). The van der Waals surface area contributed by atoms with E-state index in [4.69, 9.17) is 45.1 Å². The molecule has 5 N–H and O–H groups in total. The summed E-state index contributed by atoms with van der Waals surface area (Å²) in [6, 6.07) is 1.43. The summed E-state index contributed by atoms with van der Waals surface area (Å²) in [5, 5.41) is 7.93. The predicted molar refractivity (Wildman–Crippen MR) is 153 cm³/mol. The van der Waals surface area contributed by atoms with Gasteiger partial charge in [0.2, 0.25) is 5.95 Å². The van der Waals surface area contributed by atoms with E-state index in [1.807, 2.05) is 0 Å². The van der Waals surface area contributed by atoms with Crippen molar-refractivity contribution >= 4 is 65.7 Å². The number of nitrogens with zero attached hydrogens (tertiary/aromatic N) is 6. The van der Waals surface area contributed by atoms with Crippen LogP contribution in [-0.2, 0) is 43.9 Å². The highest BCUT2D eigenvalue weighted by molar-refractivity contribution is 8.44. The van der Waals surface area contributed by atoms with E-state index in [0.29, 0.717) is 0 Å². The number of anilines is 1. The number of H-pyrrole nitrogens is 2. The number of nitrogens with one attached hydrogen (secondary N) is 2. The molecule has 44 heavy (non-hydrogen) atoms. The Balaban J connectivity index is 1.19. The van der Waals surface area contributed by atoms with Crippen LogP contribution in [0.4, 0.5) is 10.3 Å². The Morgan fingerprint density at radius 3 is 2.77 bits per heavy atom. The smallest absolute Gasteiger partial charge is 0.369 e. The van der Waals surface area contributed by atoms with Crippen molar-refractivity contribution in [1.29, 1.82) is 0 Å². The molecule has 0 aliphatic carbocycles. The first kappa shape index (κ1) is 30.1. The molecule has 3 saturated heterocycles. The van der Waals surface area contributed by atoms with Crippen LogP contribution in [0, 0.1) is 0 Å². The highest BCUT2D eigenvalue weighted by atomic mass is 32.7. The monoisotopic (exact) mass is 693 g/mol. The second-order valence-corrected chi connectivity index (χ2v) is 15.7. The van der Waals surface area contributed by atoms with Crippen molar-refractivity contribution in [3.63, 3.8) is 0 Å².